The molecule has 2 N–H and O–H groups in total. The lowest BCUT2D eigenvalue weighted by Crippen LogP contribution is -2.38. The predicted octanol–water partition coefficient (Wildman–Crippen LogP) is 3.84. The summed E-state index contributed by atoms with van der Waals surface area (Å²) in [6.45, 7) is 5.28. The smallest absolute Gasteiger partial charge is 0.357 e. The van der Waals surface area contributed by atoms with E-state index in [9.17, 15) is 13.2 Å². The number of thiazole rings is 2. The first-order chi connectivity index (χ1) is 11.4. The summed E-state index contributed by atoms with van der Waals surface area (Å²) in [4.78, 5) is 12.2. The van der Waals surface area contributed by atoms with E-state index in [4.69, 9.17) is 0 Å². The Bertz CT molecular complexity index is 684. The summed E-state index contributed by atoms with van der Waals surface area (Å²) in [5.41, 5.74) is 0.144. The van der Waals surface area contributed by atoms with Crippen molar-refractivity contribution in [1.82, 2.24) is 20.6 Å². The van der Waals surface area contributed by atoms with Gasteiger partial charge in [-0.2, -0.15) is 13.2 Å². The molecule has 0 aliphatic heterocycles. The van der Waals surface area contributed by atoms with Gasteiger partial charge in [-0.25, -0.2) is 15.0 Å². The molecule has 5 nitrogen and oxygen atoms in total. The molecule has 0 radical (unpaired) electrons. The minimum atomic E-state index is -4.41. The fraction of sp³-hybridized carbons (Fsp3) is 0.500. The van der Waals surface area contributed by atoms with Crippen LogP contribution in [0.3, 0.4) is 0 Å². The number of rotatable bonds is 6. The fourth-order valence-electron chi connectivity index (χ4n) is 1.83. The van der Waals surface area contributed by atoms with Crippen LogP contribution < -0.4 is 10.6 Å². The van der Waals surface area contributed by atoms with E-state index in [1.54, 1.807) is 11.3 Å². The van der Waals surface area contributed by atoms with E-state index in [0.29, 0.717) is 24.1 Å². The molecular formula is C14H19F3IN5S2. The van der Waals surface area contributed by atoms with Gasteiger partial charge >= 0.3 is 6.18 Å². The molecule has 25 heavy (non-hydrogen) atoms. The van der Waals surface area contributed by atoms with Crippen LogP contribution in [0.1, 0.15) is 28.3 Å². The predicted molar refractivity (Wildman–Crippen MR) is 106 cm³/mol. The number of halogens is 4. The number of nitrogens with one attached hydrogen (secondary N) is 2. The average Bonchev–Trinajstić information content (AvgIpc) is 3.13. The molecule has 0 amide bonds. The number of aliphatic imine (C=N–C) groups is 1. The van der Waals surface area contributed by atoms with E-state index in [0.717, 1.165) is 33.8 Å². The van der Waals surface area contributed by atoms with Gasteiger partial charge in [0, 0.05) is 30.3 Å². The molecule has 2 rings (SSSR count). The van der Waals surface area contributed by atoms with Gasteiger partial charge in [0.1, 0.15) is 5.01 Å². The summed E-state index contributed by atoms with van der Waals surface area (Å²) in [7, 11) is 0. The Kier molecular flexibility index (Phi) is 9.07. The Labute approximate surface area is 169 Å². The molecule has 11 heteroatoms. The van der Waals surface area contributed by atoms with Gasteiger partial charge in [0.2, 0.25) is 0 Å². The number of hydrogen-bond acceptors (Lipinski definition) is 5. The second-order valence-corrected chi connectivity index (χ2v) is 6.86. The second-order valence-electron chi connectivity index (χ2n) is 4.85. The zero-order valence-corrected chi connectivity index (χ0v) is 17.6. The summed E-state index contributed by atoms with van der Waals surface area (Å²) < 4.78 is 37.6. The quantitative estimate of drug-likeness (QED) is 0.356. The second kappa shape index (κ2) is 10.3. The van der Waals surface area contributed by atoms with Crippen molar-refractivity contribution in [2.75, 3.05) is 13.1 Å². The highest BCUT2D eigenvalue weighted by Crippen LogP contribution is 2.30. The van der Waals surface area contributed by atoms with Crippen LogP contribution in [0.25, 0.3) is 0 Å². The number of nitrogens with zero attached hydrogens (tertiary/aromatic N) is 3. The van der Waals surface area contributed by atoms with E-state index >= 15 is 0 Å². The van der Waals surface area contributed by atoms with E-state index < -0.39 is 11.9 Å². The first-order valence-electron chi connectivity index (χ1n) is 7.33. The van der Waals surface area contributed by atoms with E-state index in [1.807, 2.05) is 19.2 Å². The molecule has 0 atom stereocenters. The zero-order chi connectivity index (χ0) is 17.6. The van der Waals surface area contributed by atoms with Crippen molar-refractivity contribution in [2.45, 2.75) is 33.0 Å². The summed E-state index contributed by atoms with van der Waals surface area (Å²) in [5.74, 6) is 0.549. The monoisotopic (exact) mass is 505 g/mol. The van der Waals surface area contributed by atoms with Gasteiger partial charge in [-0.05, 0) is 13.8 Å². The maximum atomic E-state index is 12.5. The Morgan fingerprint density at radius 2 is 1.96 bits per heavy atom. The fourth-order valence-corrected chi connectivity index (χ4v) is 3.21. The third-order valence-corrected chi connectivity index (χ3v) is 4.55. The average molecular weight is 505 g/mol. The summed E-state index contributed by atoms with van der Waals surface area (Å²) in [5, 5.41) is 10.6. The molecule has 2 aromatic rings. The molecule has 0 aliphatic rings. The summed E-state index contributed by atoms with van der Waals surface area (Å²) in [6, 6.07) is 0. The molecule has 0 saturated carbocycles. The highest BCUT2D eigenvalue weighted by Gasteiger charge is 2.33. The topological polar surface area (TPSA) is 62.2 Å². The van der Waals surface area contributed by atoms with Crippen molar-refractivity contribution in [3.63, 3.8) is 0 Å². The van der Waals surface area contributed by atoms with Crippen molar-refractivity contribution in [3.8, 4) is 0 Å². The normalized spacial score (nSPS) is 12.0. The Hall–Kier alpha value is -0.950. The van der Waals surface area contributed by atoms with Crippen molar-refractivity contribution >= 4 is 52.6 Å². The van der Waals surface area contributed by atoms with Crippen LogP contribution in [-0.2, 0) is 19.1 Å². The number of alkyl halides is 3. The summed E-state index contributed by atoms with van der Waals surface area (Å²) >= 11 is 2.56. The first kappa shape index (κ1) is 22.1. The number of guanidine groups is 1. The molecule has 0 unspecified atom stereocenters. The minimum absolute atomic E-state index is 0. The number of aryl methyl sites for hydroxylation is 1. The van der Waals surface area contributed by atoms with E-state index in [-0.39, 0.29) is 30.5 Å². The van der Waals surface area contributed by atoms with Gasteiger partial charge in [0.05, 0.1) is 17.2 Å². The van der Waals surface area contributed by atoms with Gasteiger partial charge in [-0.1, -0.05) is 0 Å². The van der Waals surface area contributed by atoms with Crippen LogP contribution in [0.5, 0.6) is 0 Å². The lowest BCUT2D eigenvalue weighted by atomic mass is 10.3. The largest absolute Gasteiger partial charge is 0.434 e. The van der Waals surface area contributed by atoms with Crippen molar-refractivity contribution in [3.05, 3.63) is 32.2 Å². The van der Waals surface area contributed by atoms with Gasteiger partial charge in [-0.15, -0.1) is 46.7 Å². The van der Waals surface area contributed by atoms with Gasteiger partial charge < -0.3 is 10.6 Å². The number of aromatic nitrogens is 2. The Balaban J connectivity index is 0.00000312. The van der Waals surface area contributed by atoms with E-state index in [1.165, 1.54) is 0 Å². The van der Waals surface area contributed by atoms with Crippen LogP contribution in [0.15, 0.2) is 15.8 Å². The van der Waals surface area contributed by atoms with Crippen molar-refractivity contribution in [1.29, 1.82) is 0 Å². The molecule has 0 saturated heterocycles. The van der Waals surface area contributed by atoms with Gasteiger partial charge in [0.15, 0.2) is 11.7 Å². The van der Waals surface area contributed by atoms with Gasteiger partial charge in [-0.3, -0.25) is 0 Å². The van der Waals surface area contributed by atoms with Crippen LogP contribution in [-0.4, -0.2) is 29.0 Å². The third kappa shape index (κ3) is 7.44. The van der Waals surface area contributed by atoms with Crippen LogP contribution in [0.2, 0.25) is 0 Å². The Morgan fingerprint density at radius 1 is 1.20 bits per heavy atom. The lowest BCUT2D eigenvalue weighted by Gasteiger charge is -2.10. The van der Waals surface area contributed by atoms with Crippen LogP contribution in [0, 0.1) is 6.92 Å². The zero-order valence-electron chi connectivity index (χ0n) is 13.7. The molecule has 0 fully saturated rings. The molecule has 0 bridgehead atoms. The van der Waals surface area contributed by atoms with Crippen molar-refractivity contribution in [2.24, 2.45) is 4.99 Å². The maximum Gasteiger partial charge on any atom is 0.434 e. The third-order valence-electron chi connectivity index (χ3n) is 2.90. The highest BCUT2D eigenvalue weighted by molar-refractivity contribution is 14.0. The summed E-state index contributed by atoms with van der Waals surface area (Å²) in [6.07, 6.45) is -3.66. The molecular weight excluding hydrogens is 486 g/mol. The molecule has 0 aliphatic carbocycles. The SMILES string of the molecule is CCNC(=NCc1nc(C(F)(F)F)cs1)NCCc1csc(C)n1.I. The Morgan fingerprint density at radius 3 is 2.52 bits per heavy atom. The molecule has 0 aromatic carbocycles. The van der Waals surface area contributed by atoms with Crippen LogP contribution in [0.4, 0.5) is 13.2 Å². The number of hydrogen-bond donors (Lipinski definition) is 2. The van der Waals surface area contributed by atoms with Crippen molar-refractivity contribution < 1.29 is 13.2 Å². The van der Waals surface area contributed by atoms with Gasteiger partial charge in [0.25, 0.3) is 0 Å². The maximum absolute atomic E-state index is 12.5. The molecule has 2 heterocycles. The highest BCUT2D eigenvalue weighted by atomic mass is 127. The first-order valence-corrected chi connectivity index (χ1v) is 9.09. The minimum Gasteiger partial charge on any atom is -0.357 e. The molecule has 2 aromatic heterocycles. The van der Waals surface area contributed by atoms with E-state index in [2.05, 4.69) is 25.6 Å². The molecule has 140 valence electrons. The lowest BCUT2D eigenvalue weighted by molar-refractivity contribution is -0.140. The molecule has 0 spiro atoms. The van der Waals surface area contributed by atoms with Crippen LogP contribution >= 0.6 is 46.7 Å². The standard InChI is InChI=1S/C14H18F3N5S2.HI/c1-3-18-13(19-5-4-10-7-23-9(2)21-10)20-6-12-22-11(8-24-12)14(15,16)17;/h7-8H,3-6H2,1-2H3,(H2,18,19,20);1H.